The maximum absolute atomic E-state index is 12.1. The number of carboxylic acids is 1. The van der Waals surface area contributed by atoms with Gasteiger partial charge in [0.1, 0.15) is 11.8 Å². The van der Waals surface area contributed by atoms with E-state index in [1.54, 1.807) is 6.07 Å². The van der Waals surface area contributed by atoms with E-state index in [4.69, 9.17) is 9.84 Å². The molecule has 0 aromatic heterocycles. The molecule has 0 unspecified atom stereocenters. The smallest absolute Gasteiger partial charge is 0.326 e. The zero-order valence-electron chi connectivity index (χ0n) is 11.5. The van der Waals surface area contributed by atoms with Gasteiger partial charge in [-0.2, -0.15) is 0 Å². The second-order valence-electron chi connectivity index (χ2n) is 4.70. The molecule has 3 N–H and O–H groups in total. The lowest BCUT2D eigenvalue weighted by Gasteiger charge is -2.19. The van der Waals surface area contributed by atoms with E-state index in [0.717, 1.165) is 0 Å². The summed E-state index contributed by atoms with van der Waals surface area (Å²) < 4.78 is 5.22. The molecule has 1 aliphatic rings. The van der Waals surface area contributed by atoms with Gasteiger partial charge >= 0.3 is 5.97 Å². The molecule has 1 aromatic carbocycles. The van der Waals surface area contributed by atoms with E-state index in [2.05, 4.69) is 10.6 Å². The number of ether oxygens (including phenoxy) is 1. The van der Waals surface area contributed by atoms with Crippen LogP contribution < -0.4 is 15.4 Å². The first-order valence-electron chi connectivity index (χ1n) is 6.61. The molecule has 0 radical (unpaired) electrons. The lowest BCUT2D eigenvalue weighted by Crippen LogP contribution is -2.40. The Hall–Kier alpha value is -2.57. The Morgan fingerprint density at radius 3 is 2.90 bits per heavy atom. The van der Waals surface area contributed by atoms with Crippen LogP contribution >= 0.6 is 0 Å². The number of hydrogen-bond acceptors (Lipinski definition) is 4. The maximum atomic E-state index is 12.1. The molecule has 0 spiro atoms. The van der Waals surface area contributed by atoms with E-state index >= 15 is 0 Å². The van der Waals surface area contributed by atoms with Gasteiger partial charge in [0.05, 0.1) is 5.69 Å². The molecule has 0 bridgehead atoms. The van der Waals surface area contributed by atoms with Crippen LogP contribution in [0.3, 0.4) is 0 Å². The second-order valence-corrected chi connectivity index (χ2v) is 4.70. The third-order valence-corrected chi connectivity index (χ3v) is 3.06. The third kappa shape index (κ3) is 3.50. The van der Waals surface area contributed by atoms with Gasteiger partial charge < -0.3 is 20.5 Å². The zero-order valence-corrected chi connectivity index (χ0v) is 11.5. The van der Waals surface area contributed by atoms with E-state index in [1.807, 2.05) is 6.92 Å². The summed E-state index contributed by atoms with van der Waals surface area (Å²) in [5.41, 5.74) is 0.776. The zero-order chi connectivity index (χ0) is 15.4. The summed E-state index contributed by atoms with van der Waals surface area (Å²) in [5.74, 6) is -1.41. The molecule has 0 saturated carbocycles. The van der Waals surface area contributed by atoms with E-state index in [0.29, 0.717) is 24.3 Å². The van der Waals surface area contributed by atoms with Crippen molar-refractivity contribution in [2.75, 3.05) is 11.9 Å². The van der Waals surface area contributed by atoms with E-state index in [-0.39, 0.29) is 18.1 Å². The van der Waals surface area contributed by atoms with Gasteiger partial charge in [0.2, 0.25) is 0 Å². The molecule has 21 heavy (non-hydrogen) atoms. The molecule has 2 rings (SSSR count). The highest BCUT2D eigenvalue weighted by atomic mass is 16.5. The Bertz CT molecular complexity index is 585. The number of carbonyl (C=O) groups is 3. The van der Waals surface area contributed by atoms with Crippen molar-refractivity contribution in [3.63, 3.8) is 0 Å². The van der Waals surface area contributed by atoms with Gasteiger partial charge in [-0.15, -0.1) is 0 Å². The summed E-state index contributed by atoms with van der Waals surface area (Å²) in [6, 6.07) is 3.62. The van der Waals surface area contributed by atoms with Crippen LogP contribution in [0.15, 0.2) is 18.2 Å². The quantitative estimate of drug-likeness (QED) is 0.751. The minimum Gasteiger partial charge on any atom is -0.482 e. The number of benzene rings is 1. The fourth-order valence-corrected chi connectivity index (χ4v) is 2.00. The summed E-state index contributed by atoms with van der Waals surface area (Å²) >= 11 is 0. The molecule has 112 valence electrons. The molecule has 1 aromatic rings. The maximum Gasteiger partial charge on any atom is 0.326 e. The average molecular weight is 292 g/mol. The van der Waals surface area contributed by atoms with Gasteiger partial charge in [-0.05, 0) is 24.6 Å². The fourth-order valence-electron chi connectivity index (χ4n) is 2.00. The molecule has 0 saturated heterocycles. The van der Waals surface area contributed by atoms with Crippen LogP contribution in [0.4, 0.5) is 5.69 Å². The van der Waals surface area contributed by atoms with Crippen LogP contribution in [0.2, 0.25) is 0 Å². The Morgan fingerprint density at radius 2 is 2.24 bits per heavy atom. The van der Waals surface area contributed by atoms with Gasteiger partial charge in [-0.1, -0.05) is 13.3 Å². The molecule has 1 atom stereocenters. The summed E-state index contributed by atoms with van der Waals surface area (Å²) in [4.78, 5) is 34.3. The number of fused-ring (bicyclic) bond motifs is 1. The molecular weight excluding hydrogens is 276 g/mol. The highest BCUT2D eigenvalue weighted by Gasteiger charge is 2.22. The Balaban J connectivity index is 2.13. The van der Waals surface area contributed by atoms with Crippen LogP contribution in [0.1, 0.15) is 30.1 Å². The number of amides is 2. The number of hydrogen-bond donors (Lipinski definition) is 3. The standard InChI is InChI=1S/C14H16N2O5/c1-2-3-10(14(19)20)16-13(18)8-4-5-9-11(6-8)21-7-12(17)15-9/h4-6,10H,2-3,7H2,1H3,(H,15,17)(H,16,18)(H,19,20)/t10-/m0/s1. The van der Waals surface area contributed by atoms with Crippen molar-refractivity contribution in [2.45, 2.75) is 25.8 Å². The van der Waals surface area contributed by atoms with Crippen molar-refractivity contribution >= 4 is 23.5 Å². The normalized spacial score (nSPS) is 14.4. The molecule has 7 heteroatoms. The van der Waals surface area contributed by atoms with Crippen LogP contribution in [0, 0.1) is 0 Å². The summed E-state index contributed by atoms with van der Waals surface area (Å²) in [7, 11) is 0. The first kappa shape index (κ1) is 14.8. The van der Waals surface area contributed by atoms with Gasteiger partial charge in [0.15, 0.2) is 6.61 Å². The highest BCUT2D eigenvalue weighted by molar-refractivity contribution is 6.00. The highest BCUT2D eigenvalue weighted by Crippen LogP contribution is 2.28. The largest absolute Gasteiger partial charge is 0.482 e. The fraction of sp³-hybridized carbons (Fsp3) is 0.357. The SMILES string of the molecule is CCC[C@H](NC(=O)c1ccc2c(c1)OCC(=O)N2)C(=O)O. The van der Waals surface area contributed by atoms with Gasteiger partial charge in [0, 0.05) is 5.56 Å². The molecular formula is C14H16N2O5. The monoisotopic (exact) mass is 292 g/mol. The Morgan fingerprint density at radius 1 is 1.48 bits per heavy atom. The van der Waals surface area contributed by atoms with Crippen LogP contribution in [-0.2, 0) is 9.59 Å². The number of rotatable bonds is 5. The Kier molecular flexibility index (Phi) is 4.42. The predicted octanol–water partition coefficient (Wildman–Crippen LogP) is 1.00. The van der Waals surface area contributed by atoms with Crippen molar-refractivity contribution in [2.24, 2.45) is 0 Å². The van der Waals surface area contributed by atoms with Crippen molar-refractivity contribution in [3.8, 4) is 5.75 Å². The van der Waals surface area contributed by atoms with E-state index < -0.39 is 17.9 Å². The molecule has 7 nitrogen and oxygen atoms in total. The number of anilines is 1. The molecule has 0 aliphatic carbocycles. The molecule has 1 heterocycles. The second kappa shape index (κ2) is 6.25. The first-order chi connectivity index (χ1) is 10.0. The number of aliphatic carboxylic acids is 1. The van der Waals surface area contributed by atoms with Gasteiger partial charge in [0.25, 0.3) is 11.8 Å². The van der Waals surface area contributed by atoms with E-state index in [1.165, 1.54) is 12.1 Å². The number of carbonyl (C=O) groups excluding carboxylic acids is 2. The first-order valence-corrected chi connectivity index (χ1v) is 6.61. The predicted molar refractivity (Wildman–Crippen MR) is 74.4 cm³/mol. The average Bonchev–Trinajstić information content (AvgIpc) is 2.45. The van der Waals surface area contributed by atoms with Crippen molar-refractivity contribution < 1.29 is 24.2 Å². The van der Waals surface area contributed by atoms with Crippen LogP contribution in [0.5, 0.6) is 5.75 Å². The van der Waals surface area contributed by atoms with Gasteiger partial charge in [-0.3, -0.25) is 9.59 Å². The third-order valence-electron chi connectivity index (χ3n) is 3.06. The van der Waals surface area contributed by atoms with Crippen molar-refractivity contribution in [1.29, 1.82) is 0 Å². The summed E-state index contributed by atoms with van der Waals surface area (Å²) in [6.45, 7) is 1.74. The summed E-state index contributed by atoms with van der Waals surface area (Å²) in [5, 5.41) is 14.1. The number of nitrogens with one attached hydrogen (secondary N) is 2. The minimum atomic E-state index is -1.06. The lowest BCUT2D eigenvalue weighted by atomic mass is 10.1. The summed E-state index contributed by atoms with van der Waals surface area (Å²) in [6.07, 6.45) is 1.01. The van der Waals surface area contributed by atoms with Crippen LogP contribution in [-0.4, -0.2) is 35.5 Å². The van der Waals surface area contributed by atoms with E-state index in [9.17, 15) is 14.4 Å². The lowest BCUT2D eigenvalue weighted by molar-refractivity contribution is -0.139. The number of carboxylic acid groups (broad SMARTS) is 1. The minimum absolute atomic E-state index is 0.105. The molecule has 2 amide bonds. The molecule has 1 aliphatic heterocycles. The Labute approximate surface area is 121 Å². The topological polar surface area (TPSA) is 105 Å². The molecule has 0 fully saturated rings. The van der Waals surface area contributed by atoms with Crippen molar-refractivity contribution in [3.05, 3.63) is 23.8 Å². The van der Waals surface area contributed by atoms with Crippen LogP contribution in [0.25, 0.3) is 0 Å². The van der Waals surface area contributed by atoms with Crippen molar-refractivity contribution in [1.82, 2.24) is 5.32 Å². The van der Waals surface area contributed by atoms with Gasteiger partial charge in [-0.25, -0.2) is 4.79 Å².